The SMILES string of the molecule is COC(=O)c1ccc(NC(=O)[C@H]2CN(S(=O)(=O)c3ccccc3)c3cc(Cl)ccc3O2)cc1. The summed E-state index contributed by atoms with van der Waals surface area (Å²) in [5.41, 5.74) is 0.990. The molecule has 1 amide bonds. The van der Waals surface area contributed by atoms with E-state index in [1.807, 2.05) is 0 Å². The highest BCUT2D eigenvalue weighted by molar-refractivity contribution is 7.92. The van der Waals surface area contributed by atoms with Crippen LogP contribution in [0.25, 0.3) is 0 Å². The Morgan fingerprint density at radius 1 is 1.06 bits per heavy atom. The quantitative estimate of drug-likeness (QED) is 0.551. The van der Waals surface area contributed by atoms with E-state index in [2.05, 4.69) is 10.1 Å². The van der Waals surface area contributed by atoms with Gasteiger partial charge < -0.3 is 14.8 Å². The summed E-state index contributed by atoms with van der Waals surface area (Å²) in [6.07, 6.45) is -1.13. The molecule has 8 nitrogen and oxygen atoms in total. The molecule has 10 heteroatoms. The van der Waals surface area contributed by atoms with E-state index >= 15 is 0 Å². The normalized spacial score (nSPS) is 15.2. The van der Waals surface area contributed by atoms with Gasteiger partial charge >= 0.3 is 5.97 Å². The van der Waals surface area contributed by atoms with Gasteiger partial charge in [0.1, 0.15) is 5.75 Å². The van der Waals surface area contributed by atoms with E-state index < -0.39 is 28.0 Å². The van der Waals surface area contributed by atoms with Crippen LogP contribution in [0.1, 0.15) is 10.4 Å². The van der Waals surface area contributed by atoms with Crippen LogP contribution in [-0.4, -0.2) is 40.1 Å². The lowest BCUT2D eigenvalue weighted by molar-refractivity contribution is -0.122. The third kappa shape index (κ3) is 4.64. The lowest BCUT2D eigenvalue weighted by Crippen LogP contribution is -2.48. The van der Waals surface area contributed by atoms with Crippen molar-refractivity contribution in [3.63, 3.8) is 0 Å². The molecule has 0 aliphatic carbocycles. The maximum Gasteiger partial charge on any atom is 0.337 e. The van der Waals surface area contributed by atoms with E-state index in [1.54, 1.807) is 36.4 Å². The van der Waals surface area contributed by atoms with Crippen molar-refractivity contribution in [2.24, 2.45) is 0 Å². The predicted octanol–water partition coefficient (Wildman–Crippen LogP) is 3.72. The second-order valence-electron chi connectivity index (χ2n) is 7.13. The molecule has 1 heterocycles. The summed E-state index contributed by atoms with van der Waals surface area (Å²) >= 11 is 6.10. The summed E-state index contributed by atoms with van der Waals surface area (Å²) in [5.74, 6) is -0.832. The molecule has 1 aliphatic rings. The number of carbonyl (C=O) groups is 2. The standard InChI is InChI=1S/C23H19ClN2O6S/c1-31-23(28)15-7-10-17(11-8-15)25-22(27)21-14-26(19-13-16(24)9-12-20(19)32-21)33(29,30)18-5-3-2-4-6-18/h2-13,21H,14H2,1H3,(H,25,27)/t21-/m1/s1. The van der Waals surface area contributed by atoms with Crippen LogP contribution in [0.4, 0.5) is 11.4 Å². The summed E-state index contributed by atoms with van der Waals surface area (Å²) in [6, 6.07) is 18.6. The number of ether oxygens (including phenoxy) is 2. The molecule has 0 saturated heterocycles. The Morgan fingerprint density at radius 2 is 1.76 bits per heavy atom. The van der Waals surface area contributed by atoms with Gasteiger partial charge in [-0.3, -0.25) is 9.10 Å². The summed E-state index contributed by atoms with van der Waals surface area (Å²) in [5, 5.41) is 3.02. The highest BCUT2D eigenvalue weighted by Gasteiger charge is 2.37. The van der Waals surface area contributed by atoms with E-state index in [4.69, 9.17) is 16.3 Å². The molecule has 0 unspecified atom stereocenters. The Labute approximate surface area is 195 Å². The minimum Gasteiger partial charge on any atom is -0.476 e. The number of esters is 1. The Bertz CT molecular complexity index is 1300. The molecule has 0 fully saturated rings. The summed E-state index contributed by atoms with van der Waals surface area (Å²) in [4.78, 5) is 24.6. The van der Waals surface area contributed by atoms with Crippen LogP contribution in [-0.2, 0) is 19.6 Å². The zero-order valence-electron chi connectivity index (χ0n) is 17.4. The van der Waals surface area contributed by atoms with Gasteiger partial charge in [-0.1, -0.05) is 29.8 Å². The maximum absolute atomic E-state index is 13.4. The number of hydrogen-bond donors (Lipinski definition) is 1. The number of carbonyl (C=O) groups excluding carboxylic acids is 2. The largest absolute Gasteiger partial charge is 0.476 e. The van der Waals surface area contributed by atoms with Gasteiger partial charge in [0.25, 0.3) is 15.9 Å². The summed E-state index contributed by atoms with van der Waals surface area (Å²) in [6.45, 7) is -0.253. The first-order chi connectivity index (χ1) is 15.8. The van der Waals surface area contributed by atoms with Crippen LogP contribution in [0.5, 0.6) is 5.75 Å². The van der Waals surface area contributed by atoms with Gasteiger partial charge in [-0.2, -0.15) is 0 Å². The second-order valence-corrected chi connectivity index (χ2v) is 9.42. The number of rotatable bonds is 5. The molecule has 33 heavy (non-hydrogen) atoms. The Kier molecular flexibility index (Phi) is 6.26. The molecule has 0 spiro atoms. The molecule has 170 valence electrons. The van der Waals surface area contributed by atoms with Crippen LogP contribution in [0, 0.1) is 0 Å². The van der Waals surface area contributed by atoms with Crippen molar-refractivity contribution in [1.82, 2.24) is 0 Å². The molecule has 0 bridgehead atoms. The van der Waals surface area contributed by atoms with Crippen LogP contribution < -0.4 is 14.4 Å². The number of nitrogens with one attached hydrogen (secondary N) is 1. The Hall–Kier alpha value is -3.56. The lowest BCUT2D eigenvalue weighted by atomic mass is 10.2. The van der Waals surface area contributed by atoms with Crippen molar-refractivity contribution < 1.29 is 27.5 Å². The molecule has 4 rings (SSSR count). The Balaban J connectivity index is 1.62. The maximum atomic E-state index is 13.4. The third-order valence-corrected chi connectivity index (χ3v) is 7.02. The molecule has 3 aromatic rings. The molecular formula is C23H19ClN2O6S. The summed E-state index contributed by atoms with van der Waals surface area (Å²) in [7, 11) is -2.71. The van der Waals surface area contributed by atoms with Gasteiger partial charge in [0.2, 0.25) is 0 Å². The fraction of sp³-hybridized carbons (Fsp3) is 0.130. The van der Waals surface area contributed by atoms with Crippen molar-refractivity contribution in [2.45, 2.75) is 11.0 Å². The first-order valence-corrected chi connectivity index (χ1v) is 11.6. The van der Waals surface area contributed by atoms with Gasteiger partial charge in [0.05, 0.1) is 29.8 Å². The number of methoxy groups -OCH3 is 1. The number of nitrogens with zero attached hydrogens (tertiary/aromatic N) is 1. The average molecular weight is 487 g/mol. The van der Waals surface area contributed by atoms with Gasteiger partial charge in [-0.25, -0.2) is 13.2 Å². The molecule has 0 radical (unpaired) electrons. The predicted molar refractivity (Wildman–Crippen MR) is 123 cm³/mol. The lowest BCUT2D eigenvalue weighted by Gasteiger charge is -2.34. The fourth-order valence-electron chi connectivity index (χ4n) is 3.34. The van der Waals surface area contributed by atoms with Crippen LogP contribution >= 0.6 is 11.6 Å². The van der Waals surface area contributed by atoms with Crippen molar-refractivity contribution >= 4 is 44.9 Å². The highest BCUT2D eigenvalue weighted by atomic mass is 35.5. The highest BCUT2D eigenvalue weighted by Crippen LogP contribution is 2.39. The van der Waals surface area contributed by atoms with Crippen LogP contribution in [0.3, 0.4) is 0 Å². The first-order valence-electron chi connectivity index (χ1n) is 9.83. The fourth-order valence-corrected chi connectivity index (χ4v) is 4.99. The van der Waals surface area contributed by atoms with E-state index in [0.29, 0.717) is 16.3 Å². The third-order valence-electron chi connectivity index (χ3n) is 4.99. The van der Waals surface area contributed by atoms with E-state index in [0.717, 1.165) is 4.31 Å². The number of fused-ring (bicyclic) bond motifs is 1. The van der Waals surface area contributed by atoms with Gasteiger partial charge in [0, 0.05) is 10.7 Å². The summed E-state index contributed by atoms with van der Waals surface area (Å²) < 4.78 is 38.3. The topological polar surface area (TPSA) is 102 Å². The average Bonchev–Trinajstić information content (AvgIpc) is 2.83. The van der Waals surface area contributed by atoms with Crippen LogP contribution in [0.2, 0.25) is 5.02 Å². The second kappa shape index (κ2) is 9.13. The number of sulfonamides is 1. The minimum atomic E-state index is -3.99. The van der Waals surface area contributed by atoms with Gasteiger partial charge in [-0.05, 0) is 54.6 Å². The number of anilines is 2. The number of hydrogen-bond acceptors (Lipinski definition) is 6. The van der Waals surface area contributed by atoms with Crippen LogP contribution in [0.15, 0.2) is 77.7 Å². The molecule has 0 saturated carbocycles. The number of halogens is 1. The van der Waals surface area contributed by atoms with Crippen molar-refractivity contribution in [2.75, 3.05) is 23.3 Å². The number of benzene rings is 3. The zero-order chi connectivity index (χ0) is 23.6. The number of amides is 1. The van der Waals surface area contributed by atoms with Crippen molar-refractivity contribution in [3.8, 4) is 5.75 Å². The van der Waals surface area contributed by atoms with E-state index in [9.17, 15) is 18.0 Å². The molecular weight excluding hydrogens is 468 g/mol. The zero-order valence-corrected chi connectivity index (χ0v) is 19.0. The van der Waals surface area contributed by atoms with E-state index in [-0.39, 0.29) is 22.9 Å². The van der Waals surface area contributed by atoms with Crippen molar-refractivity contribution in [3.05, 3.63) is 83.4 Å². The molecule has 1 N–H and O–H groups in total. The van der Waals surface area contributed by atoms with E-state index in [1.165, 1.54) is 43.5 Å². The Morgan fingerprint density at radius 3 is 2.42 bits per heavy atom. The smallest absolute Gasteiger partial charge is 0.337 e. The van der Waals surface area contributed by atoms with Gasteiger partial charge in [0.15, 0.2) is 6.10 Å². The molecule has 1 atom stereocenters. The minimum absolute atomic E-state index is 0.0791. The molecule has 1 aliphatic heterocycles. The first kappa shape index (κ1) is 22.6. The molecule has 0 aromatic heterocycles. The monoisotopic (exact) mass is 486 g/mol. The van der Waals surface area contributed by atoms with Crippen molar-refractivity contribution in [1.29, 1.82) is 0 Å². The van der Waals surface area contributed by atoms with Gasteiger partial charge in [-0.15, -0.1) is 0 Å². The molecule has 3 aromatic carbocycles.